The van der Waals surface area contributed by atoms with E-state index in [-0.39, 0.29) is 0 Å². The van der Waals surface area contributed by atoms with E-state index in [9.17, 15) is 0 Å². The summed E-state index contributed by atoms with van der Waals surface area (Å²) < 4.78 is 0. The summed E-state index contributed by atoms with van der Waals surface area (Å²) in [6.07, 6.45) is 3.97. The quantitative estimate of drug-likeness (QED) is 0.176. The van der Waals surface area contributed by atoms with Crippen LogP contribution in [0.2, 0.25) is 0 Å². The Morgan fingerprint density at radius 3 is 1.06 bits per heavy atom. The Labute approximate surface area is 289 Å². The van der Waals surface area contributed by atoms with Gasteiger partial charge in [0.05, 0.1) is 0 Å². The number of hydrogen-bond donors (Lipinski definition) is 0. The van der Waals surface area contributed by atoms with Crippen LogP contribution in [0.5, 0.6) is 0 Å². The van der Waals surface area contributed by atoms with Crippen LogP contribution >= 0.6 is 0 Å². The predicted octanol–water partition coefficient (Wildman–Crippen LogP) is 13.5. The lowest BCUT2D eigenvalue weighted by Crippen LogP contribution is -1.89. The summed E-state index contributed by atoms with van der Waals surface area (Å²) in [4.78, 5) is 4.75. The summed E-state index contributed by atoms with van der Waals surface area (Å²) in [6.45, 7) is 0. The minimum Gasteiger partial charge on any atom is -0.263 e. The van der Waals surface area contributed by atoms with E-state index in [1.54, 1.807) is 0 Å². The normalized spacial score (nSPS) is 12.0. The van der Waals surface area contributed by atoms with Crippen molar-refractivity contribution < 1.29 is 0 Å². The van der Waals surface area contributed by atoms with Gasteiger partial charge in [0.15, 0.2) is 0 Å². The SMILES string of the molecule is c1cc(-c2cncc(-c3cccc(-c4ccc5ccc6cccc7ccc4c5c67)c3)c2)cc(-c2ccc3ccc4cccc5ccc2c3c45)c1. The third-order valence-corrected chi connectivity index (χ3v) is 10.8. The Hall–Kier alpha value is -6.57. The molecule has 0 aliphatic heterocycles. The van der Waals surface area contributed by atoms with Gasteiger partial charge in [0.25, 0.3) is 0 Å². The van der Waals surface area contributed by atoms with Crippen molar-refractivity contribution in [3.63, 3.8) is 0 Å². The molecule has 1 heterocycles. The van der Waals surface area contributed by atoms with E-state index < -0.39 is 0 Å². The average molecular weight is 632 g/mol. The van der Waals surface area contributed by atoms with Gasteiger partial charge < -0.3 is 0 Å². The topological polar surface area (TPSA) is 12.9 Å². The van der Waals surface area contributed by atoms with Crippen molar-refractivity contribution in [3.05, 3.63) is 176 Å². The number of hydrogen-bond acceptors (Lipinski definition) is 1. The summed E-state index contributed by atoms with van der Waals surface area (Å²) in [5.74, 6) is 0. The molecule has 0 saturated heterocycles. The summed E-state index contributed by atoms with van der Waals surface area (Å²) in [7, 11) is 0. The van der Waals surface area contributed by atoms with Crippen LogP contribution in [-0.4, -0.2) is 4.98 Å². The van der Waals surface area contributed by atoms with E-state index in [1.165, 1.54) is 86.9 Å². The van der Waals surface area contributed by atoms with Crippen LogP contribution < -0.4 is 0 Å². The molecule has 0 unspecified atom stereocenters. The minimum absolute atomic E-state index is 1.11. The molecule has 0 amide bonds. The third-order valence-electron chi connectivity index (χ3n) is 10.8. The molecule has 10 aromatic carbocycles. The number of nitrogens with zero attached hydrogens (tertiary/aromatic N) is 1. The fourth-order valence-corrected chi connectivity index (χ4v) is 8.46. The highest BCUT2D eigenvalue weighted by atomic mass is 14.6. The highest BCUT2D eigenvalue weighted by molar-refractivity contribution is 6.26. The molecule has 0 aliphatic carbocycles. The van der Waals surface area contributed by atoms with Crippen LogP contribution in [0, 0.1) is 0 Å². The Bertz CT molecular complexity index is 2860. The van der Waals surface area contributed by atoms with E-state index in [0.717, 1.165) is 22.3 Å². The van der Waals surface area contributed by atoms with Gasteiger partial charge in [-0.15, -0.1) is 0 Å². The molecule has 0 atom stereocenters. The standard InChI is InChI=1S/C49H29N/c1-5-30-13-15-34-17-21-42(44-23-19-32(7-1)46(30)48(34)44)38-11-3-9-36(25-38)40-27-41(29-50-28-40)37-10-4-12-39(26-37)43-22-18-35-16-14-31-6-2-8-33-20-24-45(43)49(35)47(31)33/h1-29H. The Balaban J connectivity index is 1.000. The van der Waals surface area contributed by atoms with Gasteiger partial charge >= 0.3 is 0 Å². The average Bonchev–Trinajstić information content (AvgIpc) is 3.19. The number of rotatable bonds is 4. The smallest absolute Gasteiger partial charge is 0.0346 e. The molecule has 0 spiro atoms. The lowest BCUT2D eigenvalue weighted by atomic mass is 9.89. The summed E-state index contributed by atoms with van der Waals surface area (Å²) in [5, 5.41) is 15.7. The monoisotopic (exact) mass is 631 g/mol. The molecular formula is C49H29N. The Kier molecular flexibility index (Phi) is 5.73. The molecule has 11 rings (SSSR count). The fourth-order valence-electron chi connectivity index (χ4n) is 8.46. The van der Waals surface area contributed by atoms with Gasteiger partial charge in [-0.25, -0.2) is 0 Å². The van der Waals surface area contributed by atoms with E-state index >= 15 is 0 Å². The second-order valence-electron chi connectivity index (χ2n) is 13.6. The van der Waals surface area contributed by atoms with E-state index in [1.807, 2.05) is 12.4 Å². The first-order valence-electron chi connectivity index (χ1n) is 17.3. The van der Waals surface area contributed by atoms with Gasteiger partial charge in [-0.2, -0.15) is 0 Å². The first-order valence-corrected chi connectivity index (χ1v) is 17.3. The van der Waals surface area contributed by atoms with Crippen molar-refractivity contribution in [1.82, 2.24) is 4.98 Å². The van der Waals surface area contributed by atoms with Crippen LogP contribution in [0.1, 0.15) is 0 Å². The zero-order valence-corrected chi connectivity index (χ0v) is 27.2. The van der Waals surface area contributed by atoms with Crippen molar-refractivity contribution in [2.45, 2.75) is 0 Å². The molecule has 0 aliphatic rings. The van der Waals surface area contributed by atoms with Gasteiger partial charge in [-0.1, -0.05) is 146 Å². The molecule has 0 N–H and O–H groups in total. The molecule has 50 heavy (non-hydrogen) atoms. The van der Waals surface area contributed by atoms with Crippen molar-refractivity contribution in [3.8, 4) is 44.5 Å². The second kappa shape index (κ2) is 10.5. The van der Waals surface area contributed by atoms with Crippen molar-refractivity contribution in [2.24, 2.45) is 0 Å². The molecule has 1 aromatic heterocycles. The first-order chi connectivity index (χ1) is 24.8. The van der Waals surface area contributed by atoms with Crippen LogP contribution in [0.15, 0.2) is 176 Å². The van der Waals surface area contributed by atoms with E-state index in [4.69, 9.17) is 4.98 Å². The van der Waals surface area contributed by atoms with Crippen LogP contribution in [0.4, 0.5) is 0 Å². The van der Waals surface area contributed by atoms with Gasteiger partial charge in [0, 0.05) is 23.5 Å². The zero-order chi connectivity index (χ0) is 32.8. The number of benzene rings is 10. The minimum atomic E-state index is 1.11. The van der Waals surface area contributed by atoms with Crippen LogP contribution in [-0.2, 0) is 0 Å². The van der Waals surface area contributed by atoms with Crippen molar-refractivity contribution in [2.75, 3.05) is 0 Å². The molecule has 0 fully saturated rings. The van der Waals surface area contributed by atoms with Gasteiger partial charge in [-0.3, -0.25) is 4.98 Å². The van der Waals surface area contributed by atoms with Crippen molar-refractivity contribution in [1.29, 1.82) is 0 Å². The lowest BCUT2D eigenvalue weighted by Gasteiger charge is -2.15. The molecule has 230 valence electrons. The number of aromatic nitrogens is 1. The maximum absolute atomic E-state index is 4.75. The van der Waals surface area contributed by atoms with E-state index in [0.29, 0.717) is 0 Å². The largest absolute Gasteiger partial charge is 0.263 e. The molecular weight excluding hydrogens is 603 g/mol. The highest BCUT2D eigenvalue weighted by Gasteiger charge is 2.15. The molecule has 11 aromatic rings. The van der Waals surface area contributed by atoms with Gasteiger partial charge in [0.1, 0.15) is 0 Å². The molecule has 1 heteroatoms. The number of pyridine rings is 1. The lowest BCUT2D eigenvalue weighted by molar-refractivity contribution is 1.33. The Morgan fingerprint density at radius 1 is 0.260 bits per heavy atom. The first kappa shape index (κ1) is 27.4. The fraction of sp³-hybridized carbons (Fsp3) is 0. The Morgan fingerprint density at radius 2 is 0.600 bits per heavy atom. The van der Waals surface area contributed by atoms with Crippen LogP contribution in [0.3, 0.4) is 0 Å². The maximum Gasteiger partial charge on any atom is 0.0346 e. The molecule has 0 saturated carbocycles. The molecule has 0 radical (unpaired) electrons. The van der Waals surface area contributed by atoms with Gasteiger partial charge in [-0.05, 0) is 116 Å². The second-order valence-corrected chi connectivity index (χ2v) is 13.6. The molecule has 1 nitrogen and oxygen atoms in total. The predicted molar refractivity (Wildman–Crippen MR) is 213 cm³/mol. The van der Waals surface area contributed by atoms with Gasteiger partial charge in [0.2, 0.25) is 0 Å². The summed E-state index contributed by atoms with van der Waals surface area (Å²) in [6, 6.07) is 60.5. The van der Waals surface area contributed by atoms with Crippen molar-refractivity contribution >= 4 is 64.6 Å². The zero-order valence-electron chi connectivity index (χ0n) is 27.2. The summed E-state index contributed by atoms with van der Waals surface area (Å²) in [5.41, 5.74) is 9.45. The van der Waals surface area contributed by atoms with E-state index in [2.05, 4.69) is 164 Å². The maximum atomic E-state index is 4.75. The van der Waals surface area contributed by atoms with Crippen LogP contribution in [0.25, 0.3) is 109 Å². The molecule has 0 bridgehead atoms. The highest BCUT2D eigenvalue weighted by Crippen LogP contribution is 2.42. The summed E-state index contributed by atoms with van der Waals surface area (Å²) >= 11 is 0. The third kappa shape index (κ3) is 4.04.